The fraction of sp³-hybridized carbons (Fsp3) is 0.562. The number of hydrogen-bond acceptors (Lipinski definition) is 4. The van der Waals surface area contributed by atoms with Crippen LogP contribution in [-0.4, -0.2) is 49.3 Å². The van der Waals surface area contributed by atoms with E-state index in [1.165, 1.54) is 16.7 Å². The largest absolute Gasteiger partial charge is 0.461 e. The van der Waals surface area contributed by atoms with Crippen LogP contribution in [0.5, 0.6) is 0 Å². The van der Waals surface area contributed by atoms with E-state index in [1.807, 2.05) is 0 Å². The number of esters is 1. The maximum absolute atomic E-state index is 11.8. The summed E-state index contributed by atoms with van der Waals surface area (Å²) >= 11 is 0. The molecule has 3 aliphatic heterocycles. The number of carbonyl (C=O) groups excluding carboxylic acids is 1. The van der Waals surface area contributed by atoms with Crippen LogP contribution in [0.3, 0.4) is 0 Å². The second-order valence-electron chi connectivity index (χ2n) is 5.97. The van der Waals surface area contributed by atoms with Gasteiger partial charge in [0.15, 0.2) is 0 Å². The van der Waals surface area contributed by atoms with Crippen LogP contribution in [0.2, 0.25) is 0 Å². The first kappa shape index (κ1) is 15.0. The molecule has 1 spiro atoms. The summed E-state index contributed by atoms with van der Waals surface area (Å²) in [6.07, 6.45) is 9.12. The molecule has 114 valence electrons. The van der Waals surface area contributed by atoms with Gasteiger partial charge < -0.3 is 9.47 Å². The average Bonchev–Trinajstić information content (AvgIpc) is 2.86. The lowest BCUT2D eigenvalue weighted by atomic mass is 9.69. The molecule has 0 saturated carbocycles. The SMILES string of the molecule is Br.CO[C@H]1C=CC2=CCN3CCC4=C(CC(=O)OC4)[C@]23C1. The predicted molar refractivity (Wildman–Crippen MR) is 84.5 cm³/mol. The lowest BCUT2D eigenvalue weighted by molar-refractivity contribution is -0.143. The molecule has 0 aromatic rings. The molecular formula is C16H20BrNO3. The second kappa shape index (κ2) is 5.38. The van der Waals surface area contributed by atoms with Crippen LogP contribution in [0.25, 0.3) is 0 Å². The number of cyclic esters (lactones) is 1. The molecule has 0 radical (unpaired) electrons. The molecule has 0 bridgehead atoms. The van der Waals surface area contributed by atoms with Crippen LogP contribution in [-0.2, 0) is 14.3 Å². The minimum Gasteiger partial charge on any atom is -0.461 e. The topological polar surface area (TPSA) is 38.8 Å². The number of nitrogens with zero attached hydrogens (tertiary/aromatic N) is 1. The molecule has 5 heteroatoms. The maximum Gasteiger partial charge on any atom is 0.310 e. The van der Waals surface area contributed by atoms with E-state index in [9.17, 15) is 4.79 Å². The van der Waals surface area contributed by atoms with Gasteiger partial charge in [-0.25, -0.2) is 0 Å². The number of hydrogen-bond donors (Lipinski definition) is 0. The molecule has 0 unspecified atom stereocenters. The summed E-state index contributed by atoms with van der Waals surface area (Å²) in [4.78, 5) is 14.3. The molecule has 0 saturated heterocycles. The standard InChI is InChI=1S/C16H19NO3.BrH/c1-19-13-3-2-12-5-7-17-6-4-11-10-20-15(18)8-14(11)16(12,17)9-13;/h2-3,5,13H,4,6-10H2,1H3;1H/t13-,16-;/m0./s1. The van der Waals surface area contributed by atoms with Crippen LogP contribution in [0.15, 0.2) is 34.9 Å². The Kier molecular flexibility index (Phi) is 3.84. The van der Waals surface area contributed by atoms with E-state index in [4.69, 9.17) is 9.47 Å². The lowest BCUT2D eigenvalue weighted by Crippen LogP contribution is -2.55. The zero-order chi connectivity index (χ0) is 13.7. The summed E-state index contributed by atoms with van der Waals surface area (Å²) in [5.41, 5.74) is 3.85. The van der Waals surface area contributed by atoms with E-state index in [-0.39, 0.29) is 34.6 Å². The van der Waals surface area contributed by atoms with E-state index in [2.05, 4.69) is 23.1 Å². The Hall–Kier alpha value is -0.910. The second-order valence-corrected chi connectivity index (χ2v) is 5.97. The van der Waals surface area contributed by atoms with Gasteiger partial charge in [-0.15, -0.1) is 17.0 Å². The maximum atomic E-state index is 11.8. The van der Waals surface area contributed by atoms with Crippen LogP contribution < -0.4 is 0 Å². The zero-order valence-electron chi connectivity index (χ0n) is 12.1. The van der Waals surface area contributed by atoms with Gasteiger partial charge in [-0.1, -0.05) is 18.2 Å². The Balaban J connectivity index is 0.00000132. The van der Waals surface area contributed by atoms with E-state index in [1.54, 1.807) is 7.11 Å². The first-order valence-electron chi connectivity index (χ1n) is 7.28. The van der Waals surface area contributed by atoms with Crippen molar-refractivity contribution in [3.05, 3.63) is 34.9 Å². The van der Waals surface area contributed by atoms with Crippen LogP contribution in [0, 0.1) is 0 Å². The molecule has 4 rings (SSSR count). The highest BCUT2D eigenvalue weighted by Crippen LogP contribution is 2.50. The predicted octanol–water partition coefficient (Wildman–Crippen LogP) is 2.17. The van der Waals surface area contributed by atoms with Gasteiger partial charge in [-0.05, 0) is 23.1 Å². The molecule has 0 aromatic heterocycles. The van der Waals surface area contributed by atoms with E-state index < -0.39 is 0 Å². The number of carbonyl (C=O) groups is 1. The molecule has 2 atom stereocenters. The summed E-state index contributed by atoms with van der Waals surface area (Å²) in [6.45, 7) is 2.50. The quantitative estimate of drug-likeness (QED) is 0.535. The first-order chi connectivity index (χ1) is 9.74. The van der Waals surface area contributed by atoms with Crippen molar-refractivity contribution in [3.8, 4) is 0 Å². The molecule has 0 fully saturated rings. The summed E-state index contributed by atoms with van der Waals surface area (Å²) in [5, 5.41) is 0. The molecule has 0 aromatic carbocycles. The van der Waals surface area contributed by atoms with Gasteiger partial charge in [-0.2, -0.15) is 0 Å². The molecule has 3 heterocycles. The molecule has 4 nitrogen and oxygen atoms in total. The van der Waals surface area contributed by atoms with Crippen molar-refractivity contribution < 1.29 is 14.3 Å². The average molecular weight is 354 g/mol. The molecule has 0 N–H and O–H groups in total. The highest BCUT2D eigenvalue weighted by Gasteiger charge is 2.52. The Labute approximate surface area is 135 Å². The number of rotatable bonds is 1. The lowest BCUT2D eigenvalue weighted by Gasteiger charge is -2.50. The number of halogens is 1. The zero-order valence-corrected chi connectivity index (χ0v) is 13.8. The Morgan fingerprint density at radius 1 is 1.48 bits per heavy atom. The molecule has 0 amide bonds. The third kappa shape index (κ3) is 2.05. The van der Waals surface area contributed by atoms with Crippen molar-refractivity contribution in [3.63, 3.8) is 0 Å². The van der Waals surface area contributed by atoms with Gasteiger partial charge in [0.1, 0.15) is 6.61 Å². The fourth-order valence-corrected chi connectivity index (χ4v) is 4.18. The number of ether oxygens (including phenoxy) is 2. The van der Waals surface area contributed by atoms with E-state index in [0.717, 1.165) is 25.9 Å². The van der Waals surface area contributed by atoms with Crippen LogP contribution in [0.4, 0.5) is 0 Å². The highest BCUT2D eigenvalue weighted by atomic mass is 79.9. The Morgan fingerprint density at radius 2 is 2.33 bits per heavy atom. The van der Waals surface area contributed by atoms with Crippen LogP contribution in [0.1, 0.15) is 19.3 Å². The molecule has 1 aliphatic carbocycles. The molecule has 21 heavy (non-hydrogen) atoms. The molecular weight excluding hydrogens is 334 g/mol. The Morgan fingerprint density at radius 3 is 3.14 bits per heavy atom. The van der Waals surface area contributed by atoms with Gasteiger partial charge in [-0.3, -0.25) is 9.69 Å². The van der Waals surface area contributed by atoms with Gasteiger partial charge in [0.25, 0.3) is 0 Å². The fourth-order valence-electron chi connectivity index (χ4n) is 4.18. The normalized spacial score (nSPS) is 34.4. The third-order valence-corrected chi connectivity index (χ3v) is 5.18. The van der Waals surface area contributed by atoms with Gasteiger partial charge >= 0.3 is 5.97 Å². The van der Waals surface area contributed by atoms with Crippen molar-refractivity contribution in [1.29, 1.82) is 0 Å². The molecule has 4 aliphatic rings. The van der Waals surface area contributed by atoms with Crippen molar-refractivity contribution in [2.75, 3.05) is 26.8 Å². The minimum atomic E-state index is -0.109. The first-order valence-corrected chi connectivity index (χ1v) is 7.28. The van der Waals surface area contributed by atoms with Gasteiger partial charge in [0.2, 0.25) is 0 Å². The highest BCUT2D eigenvalue weighted by molar-refractivity contribution is 8.93. The van der Waals surface area contributed by atoms with Crippen molar-refractivity contribution in [2.24, 2.45) is 0 Å². The van der Waals surface area contributed by atoms with Crippen LogP contribution >= 0.6 is 17.0 Å². The van der Waals surface area contributed by atoms with Crippen molar-refractivity contribution in [1.82, 2.24) is 4.90 Å². The smallest absolute Gasteiger partial charge is 0.310 e. The summed E-state index contributed by atoms with van der Waals surface area (Å²) in [5.74, 6) is -0.0882. The van der Waals surface area contributed by atoms with E-state index in [0.29, 0.717) is 13.0 Å². The minimum absolute atomic E-state index is 0. The third-order valence-electron chi connectivity index (χ3n) is 5.18. The number of methoxy groups -OCH3 is 1. The monoisotopic (exact) mass is 353 g/mol. The van der Waals surface area contributed by atoms with Gasteiger partial charge in [0.05, 0.1) is 18.1 Å². The summed E-state index contributed by atoms with van der Waals surface area (Å²) in [7, 11) is 1.76. The summed E-state index contributed by atoms with van der Waals surface area (Å²) in [6, 6.07) is 0. The van der Waals surface area contributed by atoms with Gasteiger partial charge in [0, 0.05) is 26.6 Å². The Bertz CT molecular complexity index is 566. The van der Waals surface area contributed by atoms with Crippen molar-refractivity contribution in [2.45, 2.75) is 30.9 Å². The van der Waals surface area contributed by atoms with E-state index >= 15 is 0 Å². The van der Waals surface area contributed by atoms with Crippen molar-refractivity contribution >= 4 is 23.0 Å². The summed E-state index contributed by atoms with van der Waals surface area (Å²) < 4.78 is 10.8.